The van der Waals surface area contributed by atoms with Gasteiger partial charge in [-0.2, -0.15) is 0 Å². The molecule has 3 rings (SSSR count). The second kappa shape index (κ2) is 5.26. The summed E-state index contributed by atoms with van der Waals surface area (Å²) in [6.45, 7) is 1.38. The third-order valence-corrected chi connectivity index (χ3v) is 3.68. The van der Waals surface area contributed by atoms with Crippen LogP contribution < -0.4 is 0 Å². The Kier molecular flexibility index (Phi) is 3.43. The van der Waals surface area contributed by atoms with Gasteiger partial charge in [-0.15, -0.1) is 11.6 Å². The minimum atomic E-state index is -0.494. The molecule has 1 aromatic rings. The molecule has 21 heavy (non-hydrogen) atoms. The predicted molar refractivity (Wildman–Crippen MR) is 83.3 cm³/mol. The van der Waals surface area contributed by atoms with E-state index in [2.05, 4.69) is 4.99 Å². The van der Waals surface area contributed by atoms with Gasteiger partial charge in [-0.25, -0.2) is 4.99 Å². The minimum absolute atomic E-state index is 0.121. The van der Waals surface area contributed by atoms with Gasteiger partial charge in [0.25, 0.3) is 5.91 Å². The van der Waals surface area contributed by atoms with Gasteiger partial charge in [0.1, 0.15) is 0 Å². The highest BCUT2D eigenvalue weighted by Gasteiger charge is 2.31. The Hall–Kier alpha value is -2.26. The van der Waals surface area contributed by atoms with Crippen LogP contribution in [0.25, 0.3) is 5.57 Å². The summed E-state index contributed by atoms with van der Waals surface area (Å²) in [6.07, 6.45) is 5.31. The largest absolute Gasteiger partial charge is 0.294 e. The highest BCUT2D eigenvalue weighted by atomic mass is 35.5. The van der Waals surface area contributed by atoms with E-state index in [0.717, 1.165) is 11.1 Å². The normalized spacial score (nSPS) is 20.9. The molecular formula is C17H12ClNO2. The molecule has 0 saturated heterocycles. The number of fused-ring (bicyclic) bond motifs is 1. The maximum atomic E-state index is 12.2. The SMILES string of the molecule is CC(=O)C1=C(c2ccccc2)C2=CC(Cl)C=CC2=NC1=O. The number of benzene rings is 1. The third kappa shape index (κ3) is 2.41. The maximum Gasteiger partial charge on any atom is 0.281 e. The lowest BCUT2D eigenvalue weighted by Crippen LogP contribution is -2.23. The Labute approximate surface area is 127 Å². The van der Waals surface area contributed by atoms with Crippen molar-refractivity contribution in [1.29, 1.82) is 0 Å². The van der Waals surface area contributed by atoms with Gasteiger partial charge in [-0.05, 0) is 18.6 Å². The summed E-state index contributed by atoms with van der Waals surface area (Å²) in [4.78, 5) is 28.1. The Morgan fingerprint density at radius 2 is 1.95 bits per heavy atom. The van der Waals surface area contributed by atoms with Gasteiger partial charge in [0.05, 0.1) is 16.7 Å². The van der Waals surface area contributed by atoms with Crippen LogP contribution in [-0.2, 0) is 9.59 Å². The van der Waals surface area contributed by atoms with Crippen LogP contribution in [0.5, 0.6) is 0 Å². The number of carbonyl (C=O) groups is 2. The molecule has 0 saturated carbocycles. The molecular weight excluding hydrogens is 286 g/mol. The van der Waals surface area contributed by atoms with Crippen LogP contribution in [0.1, 0.15) is 12.5 Å². The number of nitrogens with zero attached hydrogens (tertiary/aromatic N) is 1. The number of alkyl halides is 1. The molecule has 1 heterocycles. The van der Waals surface area contributed by atoms with Crippen molar-refractivity contribution in [2.45, 2.75) is 12.3 Å². The Morgan fingerprint density at radius 1 is 1.24 bits per heavy atom. The molecule has 1 atom stereocenters. The van der Waals surface area contributed by atoms with Crippen LogP contribution in [0.15, 0.2) is 64.7 Å². The molecule has 1 aliphatic heterocycles. The maximum absolute atomic E-state index is 12.2. The summed E-state index contributed by atoms with van der Waals surface area (Å²) >= 11 is 6.14. The molecule has 4 heteroatoms. The summed E-state index contributed by atoms with van der Waals surface area (Å²) in [5.74, 6) is -0.783. The van der Waals surface area contributed by atoms with Crippen molar-refractivity contribution >= 4 is 34.6 Å². The zero-order valence-electron chi connectivity index (χ0n) is 11.3. The van der Waals surface area contributed by atoms with Crippen molar-refractivity contribution < 1.29 is 9.59 Å². The van der Waals surface area contributed by atoms with E-state index >= 15 is 0 Å². The smallest absolute Gasteiger partial charge is 0.281 e. The summed E-state index contributed by atoms with van der Waals surface area (Å²) in [5.41, 5.74) is 2.85. The molecule has 1 unspecified atom stereocenters. The van der Waals surface area contributed by atoms with Gasteiger partial charge in [-0.1, -0.05) is 42.5 Å². The topological polar surface area (TPSA) is 46.5 Å². The number of amides is 1. The number of Topliss-reactive ketones (excluding diaryl/α,β-unsaturated/α-hetero) is 1. The molecule has 0 bridgehead atoms. The van der Waals surface area contributed by atoms with Crippen molar-refractivity contribution in [2.75, 3.05) is 0 Å². The van der Waals surface area contributed by atoms with Crippen LogP contribution in [0.4, 0.5) is 0 Å². The summed E-state index contributed by atoms with van der Waals surface area (Å²) in [7, 11) is 0. The van der Waals surface area contributed by atoms with Gasteiger partial charge in [0.2, 0.25) is 0 Å². The van der Waals surface area contributed by atoms with Crippen LogP contribution in [0.3, 0.4) is 0 Å². The van der Waals surface area contributed by atoms with E-state index in [1.54, 1.807) is 12.2 Å². The molecule has 3 nitrogen and oxygen atoms in total. The van der Waals surface area contributed by atoms with E-state index < -0.39 is 5.91 Å². The van der Waals surface area contributed by atoms with E-state index in [4.69, 9.17) is 11.6 Å². The third-order valence-electron chi connectivity index (χ3n) is 3.41. The Bertz CT molecular complexity index is 754. The van der Waals surface area contributed by atoms with E-state index in [9.17, 15) is 9.59 Å². The summed E-state index contributed by atoms with van der Waals surface area (Å²) < 4.78 is 0. The van der Waals surface area contributed by atoms with E-state index in [1.807, 2.05) is 36.4 Å². The summed E-state index contributed by atoms with van der Waals surface area (Å²) in [6, 6.07) is 9.37. The highest BCUT2D eigenvalue weighted by Crippen LogP contribution is 2.35. The van der Waals surface area contributed by atoms with Gasteiger partial charge in [0.15, 0.2) is 5.78 Å². The molecule has 1 aromatic carbocycles. The average molecular weight is 298 g/mol. The first-order chi connectivity index (χ1) is 10.1. The molecule has 0 fully saturated rings. The van der Waals surface area contributed by atoms with Crippen LogP contribution >= 0.6 is 11.6 Å². The van der Waals surface area contributed by atoms with Crippen molar-refractivity contribution in [3.05, 3.63) is 65.3 Å². The number of ketones is 1. The van der Waals surface area contributed by atoms with Crippen molar-refractivity contribution in [1.82, 2.24) is 0 Å². The monoisotopic (exact) mass is 297 g/mol. The zero-order valence-corrected chi connectivity index (χ0v) is 12.1. The molecule has 1 amide bonds. The van der Waals surface area contributed by atoms with Crippen LogP contribution in [0, 0.1) is 0 Å². The first-order valence-electron chi connectivity index (χ1n) is 6.56. The second-order valence-corrected chi connectivity index (χ2v) is 5.36. The Morgan fingerprint density at radius 3 is 2.62 bits per heavy atom. The standard InChI is InChI=1S/C17H12ClNO2/c1-10(20)15-16(11-5-3-2-4-6-11)13-9-12(18)7-8-14(13)19-17(15)21/h2-9,12H,1H3. The predicted octanol–water partition coefficient (Wildman–Crippen LogP) is 3.11. The number of rotatable bonds is 2. The number of hydrogen-bond acceptors (Lipinski definition) is 2. The number of halogens is 1. The Balaban J connectivity index is 2.28. The number of hydrogen-bond donors (Lipinski definition) is 0. The molecule has 2 aliphatic rings. The first-order valence-corrected chi connectivity index (χ1v) is 7.00. The van der Waals surface area contributed by atoms with Crippen LogP contribution in [0.2, 0.25) is 0 Å². The van der Waals surface area contributed by atoms with Crippen molar-refractivity contribution in [3.63, 3.8) is 0 Å². The lowest BCUT2D eigenvalue weighted by molar-refractivity contribution is -0.119. The second-order valence-electron chi connectivity index (χ2n) is 4.86. The number of allylic oxidation sites excluding steroid dienone is 5. The first kappa shape index (κ1) is 13.7. The lowest BCUT2D eigenvalue weighted by Gasteiger charge is -2.23. The minimum Gasteiger partial charge on any atom is -0.294 e. The lowest BCUT2D eigenvalue weighted by atomic mass is 9.84. The van der Waals surface area contributed by atoms with E-state index in [0.29, 0.717) is 11.3 Å². The van der Waals surface area contributed by atoms with E-state index in [-0.39, 0.29) is 16.7 Å². The zero-order chi connectivity index (χ0) is 15.0. The van der Waals surface area contributed by atoms with Gasteiger partial charge in [0, 0.05) is 11.1 Å². The molecule has 0 N–H and O–H groups in total. The number of dihydropyridines is 1. The fourth-order valence-electron chi connectivity index (χ4n) is 2.52. The quantitative estimate of drug-likeness (QED) is 0.622. The summed E-state index contributed by atoms with van der Waals surface area (Å²) in [5, 5.41) is -0.279. The molecule has 0 spiro atoms. The van der Waals surface area contributed by atoms with Crippen molar-refractivity contribution in [3.8, 4) is 0 Å². The van der Waals surface area contributed by atoms with Crippen LogP contribution in [-0.4, -0.2) is 22.8 Å². The van der Waals surface area contributed by atoms with Gasteiger partial charge in [-0.3, -0.25) is 9.59 Å². The number of carbonyl (C=O) groups excluding carboxylic acids is 2. The fraction of sp³-hybridized carbons (Fsp3) is 0.118. The number of aliphatic imine (C=N–C) groups is 1. The molecule has 104 valence electrons. The average Bonchev–Trinajstić information content (AvgIpc) is 2.47. The molecule has 0 radical (unpaired) electrons. The van der Waals surface area contributed by atoms with Gasteiger partial charge >= 0.3 is 0 Å². The van der Waals surface area contributed by atoms with E-state index in [1.165, 1.54) is 6.92 Å². The fourth-order valence-corrected chi connectivity index (χ4v) is 2.72. The van der Waals surface area contributed by atoms with Gasteiger partial charge < -0.3 is 0 Å². The molecule has 1 aliphatic carbocycles. The van der Waals surface area contributed by atoms with Crippen molar-refractivity contribution in [2.24, 2.45) is 4.99 Å². The highest BCUT2D eigenvalue weighted by molar-refractivity contribution is 6.38. The molecule has 0 aromatic heterocycles.